The molecule has 4 heteroatoms. The van der Waals surface area contributed by atoms with E-state index in [1.54, 1.807) is 24.3 Å². The van der Waals surface area contributed by atoms with Crippen molar-refractivity contribution >= 4 is 16.7 Å². The second-order valence-corrected chi connectivity index (χ2v) is 4.97. The second kappa shape index (κ2) is 5.07. The smallest absolute Gasteiger partial charge is 0.343 e. The highest BCUT2D eigenvalue weighted by atomic mass is 16.7. The molecular formula is C18H12O4. The molecule has 0 radical (unpaired) electrons. The molecule has 0 bridgehead atoms. The van der Waals surface area contributed by atoms with Gasteiger partial charge in [-0.05, 0) is 41.1 Å². The third-order valence-corrected chi connectivity index (χ3v) is 3.54. The standard InChI is InChI=1S/C18H12O4/c19-18(14-6-8-16-17(10-14)21-11-20-16)22-15-7-5-12-3-1-2-4-13(12)9-15/h1-10H,11H2. The van der Waals surface area contributed by atoms with Crippen molar-refractivity contribution in [1.29, 1.82) is 0 Å². The van der Waals surface area contributed by atoms with Crippen LogP contribution in [-0.4, -0.2) is 12.8 Å². The minimum Gasteiger partial charge on any atom is -0.454 e. The van der Waals surface area contributed by atoms with E-state index < -0.39 is 5.97 Å². The van der Waals surface area contributed by atoms with Gasteiger partial charge in [-0.15, -0.1) is 0 Å². The largest absolute Gasteiger partial charge is 0.454 e. The normalized spacial score (nSPS) is 12.4. The number of esters is 1. The maximum atomic E-state index is 12.2. The zero-order valence-electron chi connectivity index (χ0n) is 11.6. The maximum absolute atomic E-state index is 12.2. The van der Waals surface area contributed by atoms with Crippen LogP contribution in [0.2, 0.25) is 0 Å². The van der Waals surface area contributed by atoms with E-state index >= 15 is 0 Å². The lowest BCUT2D eigenvalue weighted by Crippen LogP contribution is -2.08. The average Bonchev–Trinajstić information content (AvgIpc) is 3.02. The molecule has 0 amide bonds. The van der Waals surface area contributed by atoms with E-state index in [2.05, 4.69) is 0 Å². The lowest BCUT2D eigenvalue weighted by Gasteiger charge is -2.06. The molecule has 22 heavy (non-hydrogen) atoms. The first-order chi connectivity index (χ1) is 10.8. The van der Waals surface area contributed by atoms with Crippen molar-refractivity contribution in [3.8, 4) is 17.2 Å². The van der Waals surface area contributed by atoms with E-state index in [9.17, 15) is 4.79 Å². The van der Waals surface area contributed by atoms with Gasteiger partial charge in [-0.25, -0.2) is 4.79 Å². The van der Waals surface area contributed by atoms with Crippen molar-refractivity contribution in [3.63, 3.8) is 0 Å². The molecule has 0 spiro atoms. The highest BCUT2D eigenvalue weighted by Crippen LogP contribution is 2.32. The minimum absolute atomic E-state index is 0.179. The van der Waals surface area contributed by atoms with Gasteiger partial charge in [0.25, 0.3) is 0 Å². The Morgan fingerprint density at radius 2 is 1.68 bits per heavy atom. The van der Waals surface area contributed by atoms with Gasteiger partial charge in [-0.2, -0.15) is 0 Å². The fourth-order valence-corrected chi connectivity index (χ4v) is 2.42. The molecule has 1 aliphatic heterocycles. The Labute approximate surface area is 126 Å². The first-order valence-electron chi connectivity index (χ1n) is 6.90. The van der Waals surface area contributed by atoms with Crippen LogP contribution in [-0.2, 0) is 0 Å². The number of carbonyl (C=O) groups excluding carboxylic acids is 1. The summed E-state index contributed by atoms with van der Waals surface area (Å²) in [6, 6.07) is 18.5. The fourth-order valence-electron chi connectivity index (χ4n) is 2.42. The molecule has 1 aliphatic rings. The molecule has 4 nitrogen and oxygen atoms in total. The monoisotopic (exact) mass is 292 g/mol. The fraction of sp³-hybridized carbons (Fsp3) is 0.0556. The molecule has 1 heterocycles. The Morgan fingerprint density at radius 1 is 0.864 bits per heavy atom. The summed E-state index contributed by atoms with van der Waals surface area (Å²) >= 11 is 0. The van der Waals surface area contributed by atoms with E-state index in [-0.39, 0.29) is 6.79 Å². The van der Waals surface area contributed by atoms with Crippen molar-refractivity contribution in [3.05, 3.63) is 66.2 Å². The van der Waals surface area contributed by atoms with Crippen LogP contribution in [0, 0.1) is 0 Å². The van der Waals surface area contributed by atoms with Gasteiger partial charge in [0.1, 0.15) is 5.75 Å². The molecule has 0 aliphatic carbocycles. The average molecular weight is 292 g/mol. The number of hydrogen-bond donors (Lipinski definition) is 0. The Hall–Kier alpha value is -3.01. The molecule has 0 fully saturated rings. The summed E-state index contributed by atoms with van der Waals surface area (Å²) in [6.45, 7) is 0.179. The Bertz CT molecular complexity index is 870. The number of ether oxygens (including phenoxy) is 3. The number of carbonyl (C=O) groups is 1. The van der Waals surface area contributed by atoms with Gasteiger partial charge >= 0.3 is 5.97 Å². The van der Waals surface area contributed by atoms with Gasteiger partial charge in [0.15, 0.2) is 11.5 Å². The van der Waals surface area contributed by atoms with Crippen LogP contribution >= 0.6 is 0 Å². The number of benzene rings is 3. The van der Waals surface area contributed by atoms with E-state index in [1.165, 1.54) is 0 Å². The summed E-state index contributed by atoms with van der Waals surface area (Å²) in [5.41, 5.74) is 0.428. The molecule has 4 rings (SSSR count). The maximum Gasteiger partial charge on any atom is 0.343 e. The summed E-state index contributed by atoms with van der Waals surface area (Å²) in [6.07, 6.45) is 0. The van der Waals surface area contributed by atoms with Gasteiger partial charge in [0.05, 0.1) is 5.56 Å². The summed E-state index contributed by atoms with van der Waals surface area (Å²) in [7, 11) is 0. The van der Waals surface area contributed by atoms with Crippen LogP contribution in [0.15, 0.2) is 60.7 Å². The summed E-state index contributed by atoms with van der Waals surface area (Å²) in [5.74, 6) is 1.30. The number of fused-ring (bicyclic) bond motifs is 2. The number of rotatable bonds is 2. The molecule has 3 aromatic rings. The third-order valence-electron chi connectivity index (χ3n) is 3.54. The molecule has 3 aromatic carbocycles. The summed E-state index contributed by atoms with van der Waals surface area (Å²) in [4.78, 5) is 12.2. The van der Waals surface area contributed by atoms with Gasteiger partial charge in [0.2, 0.25) is 6.79 Å². The molecule has 0 saturated carbocycles. The van der Waals surface area contributed by atoms with Crippen LogP contribution < -0.4 is 14.2 Å². The Balaban J connectivity index is 1.60. The van der Waals surface area contributed by atoms with E-state index in [0.29, 0.717) is 22.8 Å². The van der Waals surface area contributed by atoms with Gasteiger partial charge in [-0.1, -0.05) is 30.3 Å². The molecule has 0 aromatic heterocycles. The van der Waals surface area contributed by atoms with Gasteiger partial charge in [0, 0.05) is 0 Å². The zero-order chi connectivity index (χ0) is 14.9. The van der Waals surface area contributed by atoms with Crippen LogP contribution in [0.4, 0.5) is 0 Å². The molecule has 0 N–H and O–H groups in total. The van der Waals surface area contributed by atoms with Crippen LogP contribution in [0.25, 0.3) is 10.8 Å². The lowest BCUT2D eigenvalue weighted by molar-refractivity contribution is 0.0734. The molecule has 108 valence electrons. The SMILES string of the molecule is O=C(Oc1ccc2ccccc2c1)c1ccc2c(c1)OCO2. The number of hydrogen-bond acceptors (Lipinski definition) is 4. The van der Waals surface area contributed by atoms with Crippen molar-refractivity contribution < 1.29 is 19.0 Å². The van der Waals surface area contributed by atoms with Crippen LogP contribution in [0.1, 0.15) is 10.4 Å². The lowest BCUT2D eigenvalue weighted by atomic mass is 10.1. The predicted octanol–water partition coefficient (Wildman–Crippen LogP) is 3.79. The Morgan fingerprint density at radius 3 is 2.59 bits per heavy atom. The molecule has 0 unspecified atom stereocenters. The molecule has 0 saturated heterocycles. The first-order valence-corrected chi connectivity index (χ1v) is 6.90. The minimum atomic E-state index is -0.423. The van der Waals surface area contributed by atoms with Crippen molar-refractivity contribution in [2.45, 2.75) is 0 Å². The second-order valence-electron chi connectivity index (χ2n) is 4.97. The predicted molar refractivity (Wildman–Crippen MR) is 81.5 cm³/mol. The molecular weight excluding hydrogens is 280 g/mol. The van der Waals surface area contributed by atoms with Gasteiger partial charge in [-0.3, -0.25) is 0 Å². The van der Waals surface area contributed by atoms with Crippen molar-refractivity contribution in [1.82, 2.24) is 0 Å². The van der Waals surface area contributed by atoms with Gasteiger partial charge < -0.3 is 14.2 Å². The quantitative estimate of drug-likeness (QED) is 0.532. The van der Waals surface area contributed by atoms with Crippen LogP contribution in [0.3, 0.4) is 0 Å². The highest BCUT2D eigenvalue weighted by molar-refractivity contribution is 5.92. The first kappa shape index (κ1) is 12.7. The van der Waals surface area contributed by atoms with Crippen molar-refractivity contribution in [2.24, 2.45) is 0 Å². The molecule has 0 atom stereocenters. The van der Waals surface area contributed by atoms with E-state index in [4.69, 9.17) is 14.2 Å². The zero-order valence-corrected chi connectivity index (χ0v) is 11.6. The van der Waals surface area contributed by atoms with Crippen molar-refractivity contribution in [2.75, 3.05) is 6.79 Å². The Kier molecular flexibility index (Phi) is 2.93. The summed E-state index contributed by atoms with van der Waals surface area (Å²) < 4.78 is 15.9. The highest BCUT2D eigenvalue weighted by Gasteiger charge is 2.17. The third kappa shape index (κ3) is 2.24. The topological polar surface area (TPSA) is 44.8 Å². The summed E-state index contributed by atoms with van der Waals surface area (Å²) in [5, 5.41) is 2.13. The van der Waals surface area contributed by atoms with Crippen LogP contribution in [0.5, 0.6) is 17.2 Å². The van der Waals surface area contributed by atoms with E-state index in [1.807, 2.05) is 36.4 Å². The van der Waals surface area contributed by atoms with E-state index in [0.717, 1.165) is 10.8 Å².